The Hall–Kier alpha value is -1.48. The Morgan fingerprint density at radius 3 is 3.08 bits per heavy atom. The minimum Gasteiger partial charge on any atom is -0.506 e. The van der Waals surface area contributed by atoms with Crippen molar-refractivity contribution in [1.82, 2.24) is 10.3 Å². The molecule has 0 spiro atoms. The number of phenolic OH excluding ortho intramolecular Hbond substituents is 1. The molecule has 2 heterocycles. The molecule has 0 aliphatic carbocycles. The zero-order valence-corrected chi connectivity index (χ0v) is 7.09. The van der Waals surface area contributed by atoms with Crippen LogP contribution in [0.25, 0.3) is 10.9 Å². The summed E-state index contributed by atoms with van der Waals surface area (Å²) in [6.45, 7) is 1.78. The molecule has 66 valence electrons. The Morgan fingerprint density at radius 2 is 2.15 bits per heavy atom. The van der Waals surface area contributed by atoms with Crippen LogP contribution in [-0.2, 0) is 13.1 Å². The van der Waals surface area contributed by atoms with Gasteiger partial charge in [-0.1, -0.05) is 12.1 Å². The monoisotopic (exact) mass is 174 g/mol. The number of H-pyrrole nitrogens is 1. The second kappa shape index (κ2) is 2.26. The topological polar surface area (TPSA) is 48.0 Å². The van der Waals surface area contributed by atoms with E-state index in [1.165, 1.54) is 11.3 Å². The predicted octanol–water partition coefficient (Wildman–Crippen LogP) is 1.48. The Labute approximate surface area is 75.4 Å². The number of benzene rings is 1. The van der Waals surface area contributed by atoms with Crippen LogP contribution in [0.2, 0.25) is 0 Å². The van der Waals surface area contributed by atoms with E-state index in [0.29, 0.717) is 5.75 Å². The van der Waals surface area contributed by atoms with E-state index in [2.05, 4.69) is 10.3 Å². The SMILES string of the molecule is Oc1cccc2c3c([nH]c12)CNC3. The van der Waals surface area contributed by atoms with E-state index >= 15 is 0 Å². The summed E-state index contributed by atoms with van der Waals surface area (Å²) in [5.74, 6) is 0.340. The highest BCUT2D eigenvalue weighted by Crippen LogP contribution is 2.30. The molecule has 3 rings (SSSR count). The van der Waals surface area contributed by atoms with Crippen LogP contribution >= 0.6 is 0 Å². The lowest BCUT2D eigenvalue weighted by atomic mass is 10.1. The molecule has 0 amide bonds. The number of nitrogens with one attached hydrogen (secondary N) is 2. The Morgan fingerprint density at radius 1 is 1.23 bits per heavy atom. The summed E-state index contributed by atoms with van der Waals surface area (Å²) in [7, 11) is 0. The fraction of sp³-hybridized carbons (Fsp3) is 0.200. The van der Waals surface area contributed by atoms with Crippen LogP contribution in [0.5, 0.6) is 5.75 Å². The van der Waals surface area contributed by atoms with Gasteiger partial charge in [-0.25, -0.2) is 0 Å². The van der Waals surface area contributed by atoms with Crippen LogP contribution in [-0.4, -0.2) is 10.1 Å². The van der Waals surface area contributed by atoms with Gasteiger partial charge in [-0.15, -0.1) is 0 Å². The van der Waals surface area contributed by atoms with Crippen LogP contribution in [0.15, 0.2) is 18.2 Å². The molecule has 3 nitrogen and oxygen atoms in total. The van der Waals surface area contributed by atoms with Crippen LogP contribution in [0.4, 0.5) is 0 Å². The highest BCUT2D eigenvalue weighted by Gasteiger charge is 2.17. The lowest BCUT2D eigenvalue weighted by molar-refractivity contribution is 0.480. The number of para-hydroxylation sites is 1. The van der Waals surface area contributed by atoms with Gasteiger partial charge in [0, 0.05) is 24.2 Å². The molecular weight excluding hydrogens is 164 g/mol. The molecule has 0 saturated carbocycles. The molecule has 2 aromatic rings. The largest absolute Gasteiger partial charge is 0.506 e. The van der Waals surface area contributed by atoms with Crippen molar-refractivity contribution in [3.63, 3.8) is 0 Å². The average Bonchev–Trinajstić information content (AvgIpc) is 2.65. The van der Waals surface area contributed by atoms with Crippen molar-refractivity contribution in [2.24, 2.45) is 0 Å². The maximum Gasteiger partial charge on any atom is 0.139 e. The Bertz CT molecular complexity index is 473. The summed E-state index contributed by atoms with van der Waals surface area (Å²) in [5, 5.41) is 14.0. The molecule has 3 heteroatoms. The molecule has 0 unspecified atom stereocenters. The van der Waals surface area contributed by atoms with E-state index in [1.807, 2.05) is 12.1 Å². The smallest absolute Gasteiger partial charge is 0.139 e. The zero-order chi connectivity index (χ0) is 8.84. The van der Waals surface area contributed by atoms with E-state index in [4.69, 9.17) is 0 Å². The maximum absolute atomic E-state index is 9.58. The van der Waals surface area contributed by atoms with Gasteiger partial charge in [0.25, 0.3) is 0 Å². The predicted molar refractivity (Wildman–Crippen MR) is 50.5 cm³/mol. The van der Waals surface area contributed by atoms with Gasteiger partial charge >= 0.3 is 0 Å². The first-order chi connectivity index (χ1) is 6.36. The molecule has 0 radical (unpaired) electrons. The number of hydrogen-bond donors (Lipinski definition) is 3. The first kappa shape index (κ1) is 6.97. The van der Waals surface area contributed by atoms with Gasteiger partial charge in [-0.05, 0) is 11.6 Å². The third-order valence-corrected chi connectivity index (χ3v) is 2.61. The van der Waals surface area contributed by atoms with Gasteiger partial charge in [0.05, 0.1) is 5.52 Å². The summed E-state index contributed by atoms with van der Waals surface area (Å²) in [6.07, 6.45) is 0. The number of aromatic nitrogens is 1. The highest BCUT2D eigenvalue weighted by molar-refractivity contribution is 5.89. The Kier molecular flexibility index (Phi) is 1.21. The van der Waals surface area contributed by atoms with Crippen molar-refractivity contribution >= 4 is 10.9 Å². The molecule has 13 heavy (non-hydrogen) atoms. The molecule has 1 aromatic carbocycles. The number of fused-ring (bicyclic) bond motifs is 3. The molecular formula is C10H10N2O. The number of rotatable bonds is 0. The minimum atomic E-state index is 0.340. The van der Waals surface area contributed by atoms with Crippen molar-refractivity contribution < 1.29 is 5.11 Å². The van der Waals surface area contributed by atoms with Crippen LogP contribution in [0.3, 0.4) is 0 Å². The van der Waals surface area contributed by atoms with Crippen molar-refractivity contribution in [2.45, 2.75) is 13.1 Å². The first-order valence-corrected chi connectivity index (χ1v) is 4.38. The fourth-order valence-electron chi connectivity index (χ4n) is 1.98. The Balaban J connectivity index is 2.44. The maximum atomic E-state index is 9.58. The van der Waals surface area contributed by atoms with Gasteiger partial charge in [-0.3, -0.25) is 0 Å². The van der Waals surface area contributed by atoms with E-state index in [1.54, 1.807) is 6.07 Å². The van der Waals surface area contributed by atoms with E-state index < -0.39 is 0 Å². The molecule has 0 fully saturated rings. The van der Waals surface area contributed by atoms with Crippen molar-refractivity contribution in [3.05, 3.63) is 29.5 Å². The summed E-state index contributed by atoms with van der Waals surface area (Å²) >= 11 is 0. The van der Waals surface area contributed by atoms with Gasteiger partial charge < -0.3 is 15.4 Å². The standard InChI is InChI=1S/C10H10N2O/c13-9-3-1-2-6-7-4-11-5-8(7)12-10(6)9/h1-3,11-13H,4-5H2. The van der Waals surface area contributed by atoms with Crippen molar-refractivity contribution in [3.8, 4) is 5.75 Å². The number of aromatic amines is 1. The van der Waals surface area contributed by atoms with Crippen LogP contribution < -0.4 is 5.32 Å². The lowest BCUT2D eigenvalue weighted by Gasteiger charge is -1.96. The fourth-order valence-corrected chi connectivity index (χ4v) is 1.98. The second-order valence-electron chi connectivity index (χ2n) is 3.39. The summed E-state index contributed by atoms with van der Waals surface area (Å²) in [6, 6.07) is 5.63. The molecule has 0 saturated heterocycles. The van der Waals surface area contributed by atoms with E-state index in [9.17, 15) is 5.11 Å². The number of hydrogen-bond acceptors (Lipinski definition) is 2. The molecule has 0 bridgehead atoms. The lowest BCUT2D eigenvalue weighted by Crippen LogP contribution is -2.01. The second-order valence-corrected chi connectivity index (χ2v) is 3.39. The minimum absolute atomic E-state index is 0.340. The van der Waals surface area contributed by atoms with E-state index in [-0.39, 0.29) is 0 Å². The summed E-state index contributed by atoms with van der Waals surface area (Å²) < 4.78 is 0. The van der Waals surface area contributed by atoms with Gasteiger partial charge in [0.2, 0.25) is 0 Å². The third-order valence-electron chi connectivity index (χ3n) is 2.61. The van der Waals surface area contributed by atoms with Crippen molar-refractivity contribution in [1.29, 1.82) is 0 Å². The van der Waals surface area contributed by atoms with Gasteiger partial charge in [0.15, 0.2) is 0 Å². The molecule has 0 atom stereocenters. The molecule has 3 N–H and O–H groups in total. The molecule has 1 aliphatic rings. The molecule has 1 aliphatic heterocycles. The highest BCUT2D eigenvalue weighted by atomic mass is 16.3. The molecule has 1 aromatic heterocycles. The summed E-state index contributed by atoms with van der Waals surface area (Å²) in [4.78, 5) is 3.23. The van der Waals surface area contributed by atoms with Crippen molar-refractivity contribution in [2.75, 3.05) is 0 Å². The normalized spacial score (nSPS) is 15.1. The quantitative estimate of drug-likeness (QED) is 0.566. The third kappa shape index (κ3) is 0.820. The van der Waals surface area contributed by atoms with Crippen LogP contribution in [0.1, 0.15) is 11.3 Å². The summed E-state index contributed by atoms with van der Waals surface area (Å²) in [5.41, 5.74) is 3.37. The number of phenols is 1. The zero-order valence-electron chi connectivity index (χ0n) is 7.09. The van der Waals surface area contributed by atoms with E-state index in [0.717, 1.165) is 24.0 Å². The average molecular weight is 174 g/mol. The number of aromatic hydroxyl groups is 1. The first-order valence-electron chi connectivity index (χ1n) is 4.38. The van der Waals surface area contributed by atoms with Crippen LogP contribution in [0, 0.1) is 0 Å². The van der Waals surface area contributed by atoms with Gasteiger partial charge in [0.1, 0.15) is 5.75 Å². The van der Waals surface area contributed by atoms with Gasteiger partial charge in [-0.2, -0.15) is 0 Å².